The van der Waals surface area contributed by atoms with Crippen LogP contribution in [-0.4, -0.2) is 20.6 Å². The average Bonchev–Trinajstić information content (AvgIpc) is 2.72. The molecule has 0 aliphatic heterocycles. The Morgan fingerprint density at radius 1 is 1.56 bits per heavy atom. The Balaban J connectivity index is 2.52. The van der Waals surface area contributed by atoms with Crippen molar-refractivity contribution in [3.8, 4) is 0 Å². The smallest absolute Gasteiger partial charge is 0.356 e. The van der Waals surface area contributed by atoms with E-state index >= 15 is 0 Å². The van der Waals surface area contributed by atoms with Crippen molar-refractivity contribution in [2.45, 2.75) is 46.1 Å². The van der Waals surface area contributed by atoms with Gasteiger partial charge in [-0.1, -0.05) is 33.1 Å². The first-order valence-corrected chi connectivity index (χ1v) is 5.92. The van der Waals surface area contributed by atoms with Gasteiger partial charge in [-0.15, -0.1) is 0 Å². The fourth-order valence-electron chi connectivity index (χ4n) is 1.79. The molecule has 0 aliphatic rings. The summed E-state index contributed by atoms with van der Waals surface area (Å²) >= 11 is 0. The molecule has 1 aromatic rings. The summed E-state index contributed by atoms with van der Waals surface area (Å²) in [6, 6.07) is 0. The molecule has 0 saturated carbocycles. The number of rotatable bonds is 7. The molecule has 0 aliphatic carbocycles. The van der Waals surface area contributed by atoms with E-state index in [0.717, 1.165) is 13.0 Å². The van der Waals surface area contributed by atoms with Gasteiger partial charge in [0.1, 0.15) is 0 Å². The number of aromatic carboxylic acids is 1. The minimum absolute atomic E-state index is 0.130. The molecule has 1 heterocycles. The number of carbonyl (C=O) groups is 1. The third-order valence-corrected chi connectivity index (χ3v) is 2.86. The molecular weight excluding hydrogens is 204 g/mol. The third-order valence-electron chi connectivity index (χ3n) is 2.86. The Morgan fingerprint density at radius 3 is 2.81 bits per heavy atom. The second kappa shape index (κ2) is 6.30. The van der Waals surface area contributed by atoms with Gasteiger partial charge in [0.05, 0.1) is 6.33 Å². The fraction of sp³-hybridized carbons (Fsp3) is 0.667. The molecule has 1 unspecified atom stereocenters. The summed E-state index contributed by atoms with van der Waals surface area (Å²) in [7, 11) is 0. The summed E-state index contributed by atoms with van der Waals surface area (Å²) in [5.74, 6) is -0.337. The number of hydrogen-bond acceptors (Lipinski definition) is 2. The van der Waals surface area contributed by atoms with Crippen LogP contribution in [0.1, 0.15) is 50.0 Å². The summed E-state index contributed by atoms with van der Waals surface area (Å²) in [6.45, 7) is 5.23. The largest absolute Gasteiger partial charge is 0.476 e. The van der Waals surface area contributed by atoms with Crippen molar-refractivity contribution in [3.05, 3.63) is 18.2 Å². The topological polar surface area (TPSA) is 55.1 Å². The first kappa shape index (κ1) is 12.7. The Labute approximate surface area is 96.3 Å². The highest BCUT2D eigenvalue weighted by Crippen LogP contribution is 2.15. The molecule has 0 aromatic carbocycles. The zero-order chi connectivity index (χ0) is 12.0. The molecule has 1 rings (SSSR count). The van der Waals surface area contributed by atoms with Gasteiger partial charge in [-0.05, 0) is 12.3 Å². The predicted octanol–water partition coefficient (Wildman–Crippen LogP) is 2.80. The molecule has 4 heteroatoms. The van der Waals surface area contributed by atoms with Crippen LogP contribution in [0.4, 0.5) is 0 Å². The van der Waals surface area contributed by atoms with E-state index in [1.54, 1.807) is 12.5 Å². The van der Waals surface area contributed by atoms with Crippen molar-refractivity contribution in [1.29, 1.82) is 0 Å². The molecule has 16 heavy (non-hydrogen) atoms. The highest BCUT2D eigenvalue weighted by atomic mass is 16.4. The van der Waals surface area contributed by atoms with Gasteiger partial charge in [0.15, 0.2) is 5.69 Å². The molecule has 0 fully saturated rings. The van der Waals surface area contributed by atoms with Crippen LogP contribution in [0.3, 0.4) is 0 Å². The van der Waals surface area contributed by atoms with Gasteiger partial charge in [0.25, 0.3) is 0 Å². The molecule has 0 amide bonds. The SMILES string of the molecule is CCCCC(CC)Cn1cnc(C(=O)O)c1. The van der Waals surface area contributed by atoms with E-state index in [1.807, 2.05) is 4.57 Å². The lowest BCUT2D eigenvalue weighted by Gasteiger charge is -2.14. The lowest BCUT2D eigenvalue weighted by Crippen LogP contribution is -2.08. The molecule has 0 radical (unpaired) electrons. The molecule has 0 spiro atoms. The second-order valence-corrected chi connectivity index (χ2v) is 4.18. The van der Waals surface area contributed by atoms with E-state index in [1.165, 1.54) is 19.3 Å². The van der Waals surface area contributed by atoms with Crippen molar-refractivity contribution in [1.82, 2.24) is 9.55 Å². The summed E-state index contributed by atoms with van der Waals surface area (Å²) < 4.78 is 1.88. The number of imidazole rings is 1. The van der Waals surface area contributed by atoms with Gasteiger partial charge in [0, 0.05) is 12.7 Å². The van der Waals surface area contributed by atoms with E-state index in [2.05, 4.69) is 18.8 Å². The lowest BCUT2D eigenvalue weighted by molar-refractivity contribution is 0.0691. The Kier molecular flexibility index (Phi) is 5.02. The zero-order valence-corrected chi connectivity index (χ0v) is 10.0. The average molecular weight is 224 g/mol. The zero-order valence-electron chi connectivity index (χ0n) is 10.0. The van der Waals surface area contributed by atoms with E-state index in [9.17, 15) is 4.79 Å². The van der Waals surface area contributed by atoms with Crippen LogP contribution in [0.2, 0.25) is 0 Å². The molecule has 90 valence electrons. The predicted molar refractivity (Wildman–Crippen MR) is 62.5 cm³/mol. The summed E-state index contributed by atoms with van der Waals surface area (Å²) in [5, 5.41) is 8.76. The maximum Gasteiger partial charge on any atom is 0.356 e. The van der Waals surface area contributed by atoms with E-state index in [4.69, 9.17) is 5.11 Å². The van der Waals surface area contributed by atoms with Crippen molar-refractivity contribution < 1.29 is 9.90 Å². The van der Waals surface area contributed by atoms with Gasteiger partial charge in [-0.2, -0.15) is 0 Å². The Bertz CT molecular complexity index is 334. The number of carboxylic acid groups (broad SMARTS) is 1. The van der Waals surface area contributed by atoms with Crippen molar-refractivity contribution >= 4 is 5.97 Å². The number of carboxylic acids is 1. The maximum absolute atomic E-state index is 10.7. The number of nitrogens with zero attached hydrogens (tertiary/aromatic N) is 2. The van der Waals surface area contributed by atoms with Crippen LogP contribution < -0.4 is 0 Å². The molecule has 0 bridgehead atoms. The minimum Gasteiger partial charge on any atom is -0.476 e. The van der Waals surface area contributed by atoms with E-state index in [-0.39, 0.29) is 5.69 Å². The quantitative estimate of drug-likeness (QED) is 0.774. The van der Waals surface area contributed by atoms with Gasteiger partial charge >= 0.3 is 5.97 Å². The summed E-state index contributed by atoms with van der Waals surface area (Å²) in [4.78, 5) is 14.5. The number of aromatic nitrogens is 2. The van der Waals surface area contributed by atoms with Gasteiger partial charge in [-0.3, -0.25) is 0 Å². The molecule has 1 aromatic heterocycles. The highest BCUT2D eigenvalue weighted by molar-refractivity contribution is 5.84. The second-order valence-electron chi connectivity index (χ2n) is 4.18. The molecule has 4 nitrogen and oxygen atoms in total. The standard InChI is InChI=1S/C12H20N2O2/c1-3-5-6-10(4-2)7-14-8-11(12(15)16)13-9-14/h8-10H,3-7H2,1-2H3,(H,15,16). The first-order valence-electron chi connectivity index (χ1n) is 5.92. The van der Waals surface area contributed by atoms with Crippen molar-refractivity contribution in [3.63, 3.8) is 0 Å². The summed E-state index contributed by atoms with van der Waals surface area (Å²) in [5.41, 5.74) is 0.130. The monoisotopic (exact) mass is 224 g/mol. The van der Waals surface area contributed by atoms with Crippen LogP contribution >= 0.6 is 0 Å². The maximum atomic E-state index is 10.7. The third kappa shape index (κ3) is 3.68. The minimum atomic E-state index is -0.958. The Hall–Kier alpha value is -1.32. The molecular formula is C12H20N2O2. The van der Waals surface area contributed by atoms with Crippen LogP contribution in [0.15, 0.2) is 12.5 Å². The Morgan fingerprint density at radius 2 is 2.31 bits per heavy atom. The first-order chi connectivity index (χ1) is 7.67. The van der Waals surface area contributed by atoms with Crippen molar-refractivity contribution in [2.24, 2.45) is 5.92 Å². The van der Waals surface area contributed by atoms with Gasteiger partial charge < -0.3 is 9.67 Å². The molecule has 0 saturated heterocycles. The lowest BCUT2D eigenvalue weighted by atomic mass is 9.99. The normalized spacial score (nSPS) is 12.6. The van der Waals surface area contributed by atoms with Gasteiger partial charge in [-0.25, -0.2) is 9.78 Å². The van der Waals surface area contributed by atoms with Gasteiger partial charge in [0.2, 0.25) is 0 Å². The molecule has 1 atom stereocenters. The summed E-state index contributed by atoms with van der Waals surface area (Å²) in [6.07, 6.45) is 7.99. The van der Waals surface area contributed by atoms with E-state index in [0.29, 0.717) is 5.92 Å². The van der Waals surface area contributed by atoms with Crippen LogP contribution in [0.5, 0.6) is 0 Å². The fourth-order valence-corrected chi connectivity index (χ4v) is 1.79. The van der Waals surface area contributed by atoms with Crippen LogP contribution in [-0.2, 0) is 6.54 Å². The number of unbranched alkanes of at least 4 members (excludes halogenated alkanes) is 1. The van der Waals surface area contributed by atoms with Crippen LogP contribution in [0, 0.1) is 5.92 Å². The van der Waals surface area contributed by atoms with Crippen molar-refractivity contribution in [2.75, 3.05) is 0 Å². The van der Waals surface area contributed by atoms with Crippen LogP contribution in [0.25, 0.3) is 0 Å². The molecule has 1 N–H and O–H groups in total. The highest BCUT2D eigenvalue weighted by Gasteiger charge is 2.10. The van der Waals surface area contributed by atoms with E-state index < -0.39 is 5.97 Å². The number of hydrogen-bond donors (Lipinski definition) is 1.